The number of carbonyl (C=O) groups is 3. The number of amides is 2. The largest absolute Gasteiger partial charge is 0.477 e. The highest BCUT2D eigenvalue weighted by Crippen LogP contribution is 2.38. The zero-order valence-corrected chi connectivity index (χ0v) is 66.2. The maximum absolute atomic E-state index is 13.6. The highest BCUT2D eigenvalue weighted by molar-refractivity contribution is 5.76. The first kappa shape index (κ1) is 99.4. The van der Waals surface area contributed by atoms with E-state index in [1.54, 1.807) is 6.08 Å². The number of aliphatic hydroxyl groups excluding tert-OH is 17. The average molecular weight is 1620 g/mol. The van der Waals surface area contributed by atoms with Gasteiger partial charge in [0, 0.05) is 19.8 Å². The number of nitrogens with one attached hydrogen (secondary N) is 2. The Balaban J connectivity index is 1.17. The molecule has 5 heterocycles. The third-order valence-electron chi connectivity index (χ3n) is 21.8. The van der Waals surface area contributed by atoms with Crippen molar-refractivity contribution in [1.29, 1.82) is 0 Å². The first-order valence-corrected chi connectivity index (χ1v) is 41.7. The molecule has 5 aliphatic heterocycles. The molecule has 112 heavy (non-hydrogen) atoms. The molecule has 2 amide bonds. The van der Waals surface area contributed by atoms with E-state index >= 15 is 0 Å². The SMILES string of the molecule is CCCCCCCC/C=C\CCCCCCCCCCCCCCCC(=O)N[C@@H](CO[C@@H]1OC(CO)[C@@H](O[C@@H]2OC(CO)[C@H](O)[C@H](O[C@@H]3OC(CO)[C@@H](O[C@@H]4OC(CO[C@]5(C(=O)O)CC(O)[C@@H](O)C([C@H](O)[C@H](O)CO)O5)[C@H](O)[C@H](O)C4O)[C@H](O)C3NC(C)=O)C2O)[C@H](O)C1O)[C@H](O)/C=C/CCCCCCCCCCCCC. The van der Waals surface area contributed by atoms with E-state index in [2.05, 4.69) is 36.6 Å². The molecular formula is C79H142N2O31. The molecule has 33 heteroatoms. The second-order valence-corrected chi connectivity index (χ2v) is 31.0. The second-order valence-electron chi connectivity index (χ2n) is 31.0. The summed E-state index contributed by atoms with van der Waals surface area (Å²) in [5, 5.41) is 202. The molecule has 5 rings (SSSR count). The van der Waals surface area contributed by atoms with E-state index in [0.29, 0.717) is 12.8 Å². The lowest BCUT2D eigenvalue weighted by molar-refractivity contribution is -0.383. The van der Waals surface area contributed by atoms with Crippen molar-refractivity contribution in [3.63, 3.8) is 0 Å². The number of hydrogen-bond donors (Lipinski definition) is 20. The smallest absolute Gasteiger partial charge is 0.364 e. The predicted molar refractivity (Wildman–Crippen MR) is 404 cm³/mol. The summed E-state index contributed by atoms with van der Waals surface area (Å²) >= 11 is 0. The van der Waals surface area contributed by atoms with Gasteiger partial charge in [-0.25, -0.2) is 4.79 Å². The van der Waals surface area contributed by atoms with Gasteiger partial charge in [-0.3, -0.25) is 9.59 Å². The molecule has 654 valence electrons. The molecule has 0 spiro atoms. The van der Waals surface area contributed by atoms with Crippen LogP contribution in [0.25, 0.3) is 0 Å². The van der Waals surface area contributed by atoms with Crippen LogP contribution in [0.4, 0.5) is 0 Å². The monoisotopic (exact) mass is 1610 g/mol. The Kier molecular flexibility index (Phi) is 48.6. The fourth-order valence-corrected chi connectivity index (χ4v) is 14.9. The van der Waals surface area contributed by atoms with Crippen LogP contribution in [0.15, 0.2) is 24.3 Å². The Morgan fingerprint density at radius 2 is 0.911 bits per heavy atom. The van der Waals surface area contributed by atoms with Crippen LogP contribution in [0, 0.1) is 0 Å². The first-order valence-electron chi connectivity index (χ1n) is 41.7. The Bertz CT molecular complexity index is 2570. The van der Waals surface area contributed by atoms with Gasteiger partial charge in [-0.15, -0.1) is 0 Å². The molecule has 0 radical (unpaired) electrons. The number of rotatable bonds is 58. The van der Waals surface area contributed by atoms with Crippen molar-refractivity contribution in [3.8, 4) is 0 Å². The zero-order valence-electron chi connectivity index (χ0n) is 66.2. The molecule has 0 aliphatic carbocycles. The number of hydrogen-bond acceptors (Lipinski definition) is 30. The van der Waals surface area contributed by atoms with Crippen molar-refractivity contribution in [1.82, 2.24) is 10.6 Å². The van der Waals surface area contributed by atoms with Crippen LogP contribution >= 0.6 is 0 Å². The van der Waals surface area contributed by atoms with Crippen molar-refractivity contribution < 1.29 is 154 Å². The molecule has 28 atom stereocenters. The lowest BCUT2D eigenvalue weighted by Crippen LogP contribution is -2.70. The molecule has 0 saturated carbocycles. The summed E-state index contributed by atoms with van der Waals surface area (Å²) in [5.74, 6) is -6.16. The van der Waals surface area contributed by atoms with Gasteiger partial charge in [0.2, 0.25) is 11.8 Å². The summed E-state index contributed by atoms with van der Waals surface area (Å²) in [4.78, 5) is 39.1. The van der Waals surface area contributed by atoms with Crippen molar-refractivity contribution in [2.75, 3.05) is 39.6 Å². The Hall–Kier alpha value is -3.19. The van der Waals surface area contributed by atoms with Crippen molar-refractivity contribution in [2.45, 2.75) is 417 Å². The maximum Gasteiger partial charge on any atom is 0.364 e. The molecule has 0 aromatic rings. The number of carbonyl (C=O) groups excluding carboxylic acids is 2. The van der Waals surface area contributed by atoms with Crippen LogP contribution in [0.1, 0.15) is 245 Å². The number of unbranched alkanes of at least 4 members (excludes halogenated alkanes) is 30. The first-order chi connectivity index (χ1) is 53.8. The highest BCUT2D eigenvalue weighted by Gasteiger charge is 2.59. The molecule has 33 nitrogen and oxygen atoms in total. The summed E-state index contributed by atoms with van der Waals surface area (Å²) < 4.78 is 58.2. The number of aliphatic carboxylic acids is 1. The Morgan fingerprint density at radius 1 is 0.473 bits per heavy atom. The average Bonchev–Trinajstić information content (AvgIpc) is 0.775. The highest BCUT2D eigenvalue weighted by atomic mass is 16.8. The van der Waals surface area contributed by atoms with E-state index in [-0.39, 0.29) is 12.3 Å². The van der Waals surface area contributed by atoms with Crippen LogP contribution in [0.2, 0.25) is 0 Å². The van der Waals surface area contributed by atoms with Crippen LogP contribution in [-0.4, -0.2) is 321 Å². The van der Waals surface area contributed by atoms with E-state index in [9.17, 15) is 106 Å². The van der Waals surface area contributed by atoms with E-state index in [0.717, 1.165) is 58.3 Å². The standard InChI is InChI=1S/C79H142N2O31/c1-4-6-8-10-12-14-16-18-19-20-21-22-23-24-25-26-27-29-31-33-35-37-39-41-58(90)81-50(51(87)40-38-36-34-32-30-28-17-15-13-11-9-7-5-2)47-103-75-68(99)66(97)71(56(46-85)107-75)110-77-69(100)72(63(94)54(44-83)105-77)111-74-59(80-49(3)86)64(95)70(55(45-84)106-74)109-76-67(98)65(96)62(93)57(108-76)48-104-79(78(101)102)42-52(88)60(91)73(112-79)61(92)53(89)43-82/h18-19,38,40,50-57,59-77,82-85,87-89,91-100H,4-17,20-37,39,41-48H2,1-3H3,(H,80,86)(H,81,90)(H,101,102)/b19-18-,40-38+/t50-,51+,52?,53+,54?,55?,56?,57?,59?,60+,61+,62-,63-,64+,65-,66+,67?,68?,69?,70+,71+,72-,73?,74-,75+,76-,77-,79+/m0/s1. The molecule has 0 aromatic heterocycles. The van der Waals surface area contributed by atoms with Gasteiger partial charge in [0.1, 0.15) is 122 Å². The predicted octanol–water partition coefficient (Wildman–Crippen LogP) is 1.71. The minimum absolute atomic E-state index is 0.175. The summed E-state index contributed by atoms with van der Waals surface area (Å²) in [6.45, 7) is -0.212. The number of carboxylic acids is 1. The van der Waals surface area contributed by atoms with E-state index in [1.165, 1.54) is 148 Å². The molecule has 0 aromatic carbocycles. The van der Waals surface area contributed by atoms with Gasteiger partial charge in [0.25, 0.3) is 5.79 Å². The van der Waals surface area contributed by atoms with Gasteiger partial charge >= 0.3 is 5.97 Å². The number of ether oxygens (including phenoxy) is 10. The number of allylic oxidation sites excluding steroid dienone is 3. The van der Waals surface area contributed by atoms with E-state index in [4.69, 9.17) is 47.4 Å². The molecule has 5 fully saturated rings. The minimum atomic E-state index is -2.98. The maximum atomic E-state index is 13.6. The summed E-state index contributed by atoms with van der Waals surface area (Å²) in [6.07, 6.45) is -3.34. The van der Waals surface area contributed by atoms with Crippen LogP contribution in [0.5, 0.6) is 0 Å². The van der Waals surface area contributed by atoms with Gasteiger partial charge in [-0.1, -0.05) is 205 Å². The minimum Gasteiger partial charge on any atom is -0.477 e. The van der Waals surface area contributed by atoms with Crippen molar-refractivity contribution in [2.24, 2.45) is 0 Å². The molecule has 5 saturated heterocycles. The van der Waals surface area contributed by atoms with E-state index in [1.807, 2.05) is 6.08 Å². The second kappa shape index (κ2) is 54.8. The zero-order chi connectivity index (χ0) is 82.1. The molecular weight excluding hydrogens is 1470 g/mol. The number of aliphatic hydroxyl groups is 17. The van der Waals surface area contributed by atoms with Crippen LogP contribution in [0.3, 0.4) is 0 Å². The fraction of sp³-hybridized carbons (Fsp3) is 0.911. The van der Waals surface area contributed by atoms with Gasteiger partial charge in [-0.2, -0.15) is 0 Å². The van der Waals surface area contributed by atoms with Gasteiger partial charge in [-0.05, 0) is 44.9 Å². The van der Waals surface area contributed by atoms with Crippen LogP contribution in [-0.2, 0) is 61.8 Å². The molecule has 20 N–H and O–H groups in total. The van der Waals surface area contributed by atoms with Gasteiger partial charge in [0.15, 0.2) is 25.2 Å². The summed E-state index contributed by atoms with van der Waals surface area (Å²) in [5.41, 5.74) is 0. The lowest BCUT2D eigenvalue weighted by atomic mass is 9.90. The molecule has 10 unspecified atom stereocenters. The number of carboxylic acid groups (broad SMARTS) is 1. The van der Waals surface area contributed by atoms with Gasteiger partial charge < -0.3 is 150 Å². The summed E-state index contributed by atoms with van der Waals surface area (Å²) in [6, 6.07) is -2.91. The molecule has 5 aliphatic rings. The van der Waals surface area contributed by atoms with Crippen molar-refractivity contribution in [3.05, 3.63) is 24.3 Å². The molecule has 0 bridgehead atoms. The fourth-order valence-electron chi connectivity index (χ4n) is 14.9. The van der Waals surface area contributed by atoms with Crippen LogP contribution < -0.4 is 10.6 Å². The van der Waals surface area contributed by atoms with Gasteiger partial charge in [0.05, 0.1) is 57.9 Å². The quantitative estimate of drug-likeness (QED) is 0.0304. The van der Waals surface area contributed by atoms with Crippen molar-refractivity contribution >= 4 is 17.8 Å². The van der Waals surface area contributed by atoms with E-state index < -0.39 is 229 Å². The third kappa shape index (κ3) is 32.5. The lowest BCUT2D eigenvalue weighted by Gasteiger charge is -2.50. The Morgan fingerprint density at radius 3 is 1.40 bits per heavy atom. The summed E-state index contributed by atoms with van der Waals surface area (Å²) in [7, 11) is 0. The normalized spacial score (nSPS) is 33.7. The third-order valence-corrected chi connectivity index (χ3v) is 21.8. The topological polar surface area (TPSA) is 532 Å². The Labute approximate surface area is 660 Å².